The number of carbonyl (C=O) groups excluding carboxylic acids is 1. The summed E-state index contributed by atoms with van der Waals surface area (Å²) < 4.78 is 5.52. The van der Waals surface area contributed by atoms with Gasteiger partial charge in [-0.05, 0) is 31.9 Å². The molecular weight excluding hydrogens is 300 g/mol. The van der Waals surface area contributed by atoms with Gasteiger partial charge in [-0.15, -0.1) is 12.4 Å². The molecule has 1 heterocycles. The highest BCUT2D eigenvalue weighted by Crippen LogP contribution is 2.16. The average molecular weight is 323 g/mol. The summed E-state index contributed by atoms with van der Waals surface area (Å²) in [5.74, 6) is 1.10. The summed E-state index contributed by atoms with van der Waals surface area (Å²) in [7, 11) is 0. The predicted octanol–water partition coefficient (Wildman–Crippen LogP) is 2.96. The smallest absolute Gasteiger partial charge is 0.289 e. The molecule has 0 unspecified atom stereocenters. The molecule has 120 valence electrons. The van der Waals surface area contributed by atoms with Crippen LogP contribution < -0.4 is 5.73 Å². The highest BCUT2D eigenvalue weighted by molar-refractivity contribution is 5.93. The van der Waals surface area contributed by atoms with Crippen LogP contribution in [-0.2, 0) is 6.42 Å². The van der Waals surface area contributed by atoms with Gasteiger partial charge in [-0.3, -0.25) is 4.79 Å². The molecule has 1 aromatic heterocycles. The number of carbonyl (C=O) groups is 1. The minimum Gasteiger partial charge on any atom is -0.456 e. The van der Waals surface area contributed by atoms with Crippen molar-refractivity contribution in [3.8, 4) is 0 Å². The van der Waals surface area contributed by atoms with E-state index in [4.69, 9.17) is 10.2 Å². The van der Waals surface area contributed by atoms with E-state index >= 15 is 0 Å². The molecule has 2 rings (SSSR count). The van der Waals surface area contributed by atoms with Crippen LogP contribution >= 0.6 is 12.4 Å². The maximum Gasteiger partial charge on any atom is 0.289 e. The van der Waals surface area contributed by atoms with Crippen LogP contribution in [0.25, 0.3) is 0 Å². The summed E-state index contributed by atoms with van der Waals surface area (Å²) in [6.07, 6.45) is 0.811. The van der Waals surface area contributed by atoms with Gasteiger partial charge in [0.15, 0.2) is 5.76 Å². The molecule has 5 heteroatoms. The second kappa shape index (κ2) is 8.61. The molecule has 0 bridgehead atoms. The van der Waals surface area contributed by atoms with E-state index in [0.717, 1.165) is 17.7 Å². The van der Waals surface area contributed by atoms with Crippen LogP contribution in [0.15, 0.2) is 40.8 Å². The Labute approximate surface area is 137 Å². The van der Waals surface area contributed by atoms with E-state index in [1.807, 2.05) is 38.1 Å². The number of hydrogen-bond acceptors (Lipinski definition) is 3. The number of halogens is 1. The molecule has 0 atom stereocenters. The first-order valence-corrected chi connectivity index (χ1v) is 7.22. The first kappa shape index (κ1) is 18.3. The zero-order valence-electron chi connectivity index (χ0n) is 13.0. The number of nitrogens with zero attached hydrogens (tertiary/aromatic N) is 1. The van der Waals surface area contributed by atoms with Gasteiger partial charge in [-0.1, -0.05) is 30.3 Å². The number of hydrogen-bond donors (Lipinski definition) is 1. The highest BCUT2D eigenvalue weighted by Gasteiger charge is 2.20. The van der Waals surface area contributed by atoms with Crippen LogP contribution in [0.4, 0.5) is 0 Å². The van der Waals surface area contributed by atoms with Gasteiger partial charge in [0, 0.05) is 25.2 Å². The van der Waals surface area contributed by atoms with Crippen molar-refractivity contribution in [2.75, 3.05) is 19.6 Å². The minimum absolute atomic E-state index is 0. The van der Waals surface area contributed by atoms with E-state index in [1.165, 1.54) is 5.56 Å². The second-order valence-electron chi connectivity index (χ2n) is 5.19. The van der Waals surface area contributed by atoms with Gasteiger partial charge in [0.2, 0.25) is 0 Å². The fourth-order valence-corrected chi connectivity index (χ4v) is 2.38. The number of amides is 1. The Balaban J connectivity index is 0.00000242. The van der Waals surface area contributed by atoms with E-state index < -0.39 is 0 Å². The number of nitrogens with two attached hydrogens (primary N) is 1. The fraction of sp³-hybridized carbons (Fsp3) is 0.353. The quantitative estimate of drug-likeness (QED) is 0.889. The van der Waals surface area contributed by atoms with Crippen molar-refractivity contribution in [3.63, 3.8) is 0 Å². The topological polar surface area (TPSA) is 59.5 Å². The van der Waals surface area contributed by atoms with Gasteiger partial charge in [0.1, 0.15) is 5.76 Å². The first-order valence-electron chi connectivity index (χ1n) is 7.22. The van der Waals surface area contributed by atoms with Crippen molar-refractivity contribution >= 4 is 18.3 Å². The molecule has 2 N–H and O–H groups in total. The maximum atomic E-state index is 12.6. The van der Waals surface area contributed by atoms with E-state index in [2.05, 4.69) is 12.1 Å². The zero-order valence-corrected chi connectivity index (χ0v) is 13.9. The lowest BCUT2D eigenvalue weighted by Gasteiger charge is -2.21. The van der Waals surface area contributed by atoms with Crippen molar-refractivity contribution in [1.82, 2.24) is 4.90 Å². The van der Waals surface area contributed by atoms with E-state index in [1.54, 1.807) is 4.90 Å². The second-order valence-corrected chi connectivity index (χ2v) is 5.19. The highest BCUT2D eigenvalue weighted by atomic mass is 35.5. The van der Waals surface area contributed by atoms with Crippen LogP contribution in [0, 0.1) is 13.8 Å². The molecule has 0 aliphatic rings. The van der Waals surface area contributed by atoms with Crippen molar-refractivity contribution in [2.45, 2.75) is 20.3 Å². The molecule has 22 heavy (non-hydrogen) atoms. The largest absolute Gasteiger partial charge is 0.456 e. The molecule has 4 nitrogen and oxygen atoms in total. The van der Waals surface area contributed by atoms with Crippen molar-refractivity contribution < 1.29 is 9.21 Å². The van der Waals surface area contributed by atoms with Gasteiger partial charge < -0.3 is 15.1 Å². The fourth-order valence-electron chi connectivity index (χ4n) is 2.38. The molecule has 2 aromatic rings. The van der Waals surface area contributed by atoms with Gasteiger partial charge in [0.25, 0.3) is 5.91 Å². The Morgan fingerprint density at radius 1 is 1.18 bits per heavy atom. The van der Waals surface area contributed by atoms with Crippen molar-refractivity contribution in [3.05, 3.63) is 59.0 Å². The van der Waals surface area contributed by atoms with Crippen molar-refractivity contribution in [2.24, 2.45) is 5.73 Å². The minimum atomic E-state index is -0.0815. The molecule has 0 saturated heterocycles. The first-order chi connectivity index (χ1) is 10.1. The number of furan rings is 1. The molecule has 0 aliphatic heterocycles. The Hall–Kier alpha value is -1.78. The lowest BCUT2D eigenvalue weighted by Crippen LogP contribution is -2.37. The molecular formula is C17H23ClN2O2. The summed E-state index contributed by atoms with van der Waals surface area (Å²) >= 11 is 0. The van der Waals surface area contributed by atoms with Crippen LogP contribution in [0.5, 0.6) is 0 Å². The third-order valence-corrected chi connectivity index (χ3v) is 3.43. The standard InChI is InChI=1S/C17H22N2O2.ClH/c1-13-12-14(2)21-16(13)17(20)19(11-9-18)10-8-15-6-4-3-5-7-15;/h3-7,12H,8-11,18H2,1-2H3;1H. The Bertz CT molecular complexity index is 596. The summed E-state index contributed by atoms with van der Waals surface area (Å²) in [4.78, 5) is 14.3. The van der Waals surface area contributed by atoms with E-state index in [9.17, 15) is 4.79 Å². The van der Waals surface area contributed by atoms with Crippen LogP contribution in [-0.4, -0.2) is 30.4 Å². The lowest BCUT2D eigenvalue weighted by molar-refractivity contribution is 0.0727. The SMILES string of the molecule is Cc1cc(C)c(C(=O)N(CCN)CCc2ccccc2)o1.Cl. The predicted molar refractivity (Wildman–Crippen MR) is 90.5 cm³/mol. The van der Waals surface area contributed by atoms with E-state index in [-0.39, 0.29) is 18.3 Å². The lowest BCUT2D eigenvalue weighted by atomic mass is 10.1. The van der Waals surface area contributed by atoms with Crippen LogP contribution in [0.1, 0.15) is 27.4 Å². The van der Waals surface area contributed by atoms with E-state index in [0.29, 0.717) is 25.4 Å². The molecule has 0 radical (unpaired) electrons. The van der Waals surface area contributed by atoms with Gasteiger partial charge in [-0.25, -0.2) is 0 Å². The number of rotatable bonds is 6. The van der Waals surface area contributed by atoms with Crippen LogP contribution in [0.3, 0.4) is 0 Å². The summed E-state index contributed by atoms with van der Waals surface area (Å²) in [6.45, 7) is 5.35. The van der Waals surface area contributed by atoms with Crippen molar-refractivity contribution in [1.29, 1.82) is 0 Å². The van der Waals surface area contributed by atoms with Crippen LogP contribution in [0.2, 0.25) is 0 Å². The normalized spacial score (nSPS) is 10.1. The Morgan fingerprint density at radius 3 is 2.41 bits per heavy atom. The summed E-state index contributed by atoms with van der Waals surface area (Å²) in [5, 5.41) is 0. The molecule has 0 saturated carbocycles. The Morgan fingerprint density at radius 2 is 1.86 bits per heavy atom. The average Bonchev–Trinajstić information content (AvgIpc) is 2.82. The third-order valence-electron chi connectivity index (χ3n) is 3.43. The van der Waals surface area contributed by atoms with Gasteiger partial charge in [-0.2, -0.15) is 0 Å². The molecule has 0 fully saturated rings. The summed E-state index contributed by atoms with van der Waals surface area (Å²) in [5.41, 5.74) is 7.72. The molecule has 1 amide bonds. The maximum absolute atomic E-state index is 12.6. The summed E-state index contributed by atoms with van der Waals surface area (Å²) in [6, 6.07) is 12.0. The number of benzene rings is 1. The third kappa shape index (κ3) is 4.61. The van der Waals surface area contributed by atoms with Gasteiger partial charge >= 0.3 is 0 Å². The molecule has 1 aromatic carbocycles. The number of aryl methyl sites for hydroxylation is 2. The Kier molecular flexibility index (Phi) is 7.15. The zero-order chi connectivity index (χ0) is 15.2. The monoisotopic (exact) mass is 322 g/mol. The molecule has 0 spiro atoms. The van der Waals surface area contributed by atoms with Gasteiger partial charge in [0.05, 0.1) is 0 Å². The molecule has 0 aliphatic carbocycles.